The molecule has 1 amide bonds. The number of nitrogens with one attached hydrogen (secondary N) is 1. The molecule has 7 nitrogen and oxygen atoms in total. The predicted octanol–water partition coefficient (Wildman–Crippen LogP) is 5.45. The van der Waals surface area contributed by atoms with Crippen LogP contribution >= 0.6 is 0 Å². The summed E-state index contributed by atoms with van der Waals surface area (Å²) in [6.45, 7) is 4.27. The van der Waals surface area contributed by atoms with E-state index in [1.807, 2.05) is 36.4 Å². The molecule has 2 rings (SSSR count). The van der Waals surface area contributed by atoms with Crippen molar-refractivity contribution < 1.29 is 23.7 Å². The Labute approximate surface area is 215 Å². The normalized spacial score (nSPS) is 13.3. The number of nitriles is 1. The van der Waals surface area contributed by atoms with Gasteiger partial charge in [-0.25, -0.2) is 0 Å². The van der Waals surface area contributed by atoms with Crippen molar-refractivity contribution in [2.45, 2.75) is 63.8 Å². The van der Waals surface area contributed by atoms with Crippen molar-refractivity contribution in [1.29, 1.82) is 5.26 Å². The van der Waals surface area contributed by atoms with Crippen LogP contribution in [-0.4, -0.2) is 40.9 Å². The van der Waals surface area contributed by atoms with Crippen LogP contribution in [0.1, 0.15) is 57.1 Å². The van der Waals surface area contributed by atoms with Crippen LogP contribution in [0.4, 0.5) is 0 Å². The fourth-order valence-corrected chi connectivity index (χ4v) is 5.16. The Hall–Kier alpha value is -3.40. The maximum atomic E-state index is 11.4. The maximum Gasteiger partial charge on any atom is 0.207 e. The summed E-state index contributed by atoms with van der Waals surface area (Å²) < 4.78 is 21.7. The third kappa shape index (κ3) is 6.63. The van der Waals surface area contributed by atoms with Crippen LogP contribution in [0.3, 0.4) is 0 Å². The van der Waals surface area contributed by atoms with Gasteiger partial charge in [-0.15, -0.1) is 0 Å². The molecule has 0 fully saturated rings. The molecule has 2 unspecified atom stereocenters. The first-order valence-electron chi connectivity index (χ1n) is 12.5. The largest absolute Gasteiger partial charge is 0.493 e. The lowest BCUT2D eigenvalue weighted by Gasteiger charge is -2.35. The van der Waals surface area contributed by atoms with Gasteiger partial charge in [0.25, 0.3) is 0 Å². The van der Waals surface area contributed by atoms with Gasteiger partial charge >= 0.3 is 0 Å². The van der Waals surface area contributed by atoms with E-state index in [0.29, 0.717) is 35.8 Å². The van der Waals surface area contributed by atoms with Crippen LogP contribution in [0.15, 0.2) is 36.4 Å². The topological polar surface area (TPSA) is 89.8 Å². The molecule has 2 atom stereocenters. The maximum absolute atomic E-state index is 11.4. The van der Waals surface area contributed by atoms with Crippen molar-refractivity contribution in [2.75, 3.05) is 28.4 Å². The first-order valence-corrected chi connectivity index (χ1v) is 12.5. The number of nitrogens with zero attached hydrogens (tertiary/aromatic N) is 1. The second-order valence-electron chi connectivity index (χ2n) is 8.93. The van der Waals surface area contributed by atoms with E-state index in [2.05, 4.69) is 25.2 Å². The lowest BCUT2D eigenvalue weighted by Crippen LogP contribution is -2.35. The highest BCUT2D eigenvalue weighted by Gasteiger charge is 2.39. The van der Waals surface area contributed by atoms with Crippen LogP contribution in [0.25, 0.3) is 0 Å². The third-order valence-corrected chi connectivity index (χ3v) is 7.14. The number of amides is 1. The number of ether oxygens (including phenoxy) is 4. The van der Waals surface area contributed by atoms with E-state index < -0.39 is 5.41 Å². The number of benzene rings is 2. The molecule has 1 N–H and O–H groups in total. The minimum Gasteiger partial charge on any atom is -0.493 e. The number of hydrogen-bond acceptors (Lipinski definition) is 6. The first kappa shape index (κ1) is 28.8. The van der Waals surface area contributed by atoms with Gasteiger partial charge in [-0.2, -0.15) is 5.26 Å². The van der Waals surface area contributed by atoms with Gasteiger partial charge in [-0.05, 0) is 67.0 Å². The van der Waals surface area contributed by atoms with Gasteiger partial charge in [0.2, 0.25) is 6.41 Å². The second-order valence-corrected chi connectivity index (χ2v) is 8.93. The number of methoxy groups -OCH3 is 4. The molecule has 0 heterocycles. The Morgan fingerprint density at radius 1 is 0.917 bits per heavy atom. The fraction of sp³-hybridized carbons (Fsp3) is 0.517. The standard InChI is InChI=1S/C29H40N2O5/c1-7-22(8-2)29(19-30,23-12-14-26(34-4)28(18-23)36-6)15-9-10-24(31-20-32)16-21-11-13-25(33-3)27(17-21)35-5/h11-14,17-18,20,22,24H,7-10,15-16H2,1-6H3,(H,31,32). The van der Waals surface area contributed by atoms with Crippen LogP contribution in [0.5, 0.6) is 23.0 Å². The van der Waals surface area contributed by atoms with Crippen molar-refractivity contribution in [1.82, 2.24) is 5.32 Å². The minimum atomic E-state index is -0.669. The Kier molecular flexibility index (Phi) is 11.4. The van der Waals surface area contributed by atoms with Crippen LogP contribution in [0.2, 0.25) is 0 Å². The average Bonchev–Trinajstić information content (AvgIpc) is 2.92. The van der Waals surface area contributed by atoms with Crippen LogP contribution in [-0.2, 0) is 16.6 Å². The molecule has 0 spiro atoms. The van der Waals surface area contributed by atoms with E-state index in [0.717, 1.165) is 43.2 Å². The summed E-state index contributed by atoms with van der Waals surface area (Å²) in [7, 11) is 6.43. The lowest BCUT2D eigenvalue weighted by molar-refractivity contribution is -0.110. The summed E-state index contributed by atoms with van der Waals surface area (Å²) in [5, 5.41) is 13.5. The van der Waals surface area contributed by atoms with Gasteiger partial charge < -0.3 is 24.3 Å². The molecule has 0 bridgehead atoms. The second kappa shape index (κ2) is 14.2. The molecule has 0 aliphatic heterocycles. The summed E-state index contributed by atoms with van der Waals surface area (Å²) in [6, 6.07) is 14.2. The highest BCUT2D eigenvalue weighted by atomic mass is 16.5. The smallest absolute Gasteiger partial charge is 0.207 e. The molecule has 0 aromatic heterocycles. The number of carbonyl (C=O) groups excluding carboxylic acids is 1. The van der Waals surface area contributed by atoms with Crippen molar-refractivity contribution in [3.63, 3.8) is 0 Å². The Morgan fingerprint density at radius 3 is 2.03 bits per heavy atom. The van der Waals surface area contributed by atoms with Crippen molar-refractivity contribution in [2.24, 2.45) is 5.92 Å². The average molecular weight is 497 g/mol. The van der Waals surface area contributed by atoms with E-state index in [9.17, 15) is 10.1 Å². The first-order chi connectivity index (χ1) is 17.5. The molecule has 196 valence electrons. The summed E-state index contributed by atoms with van der Waals surface area (Å²) in [4.78, 5) is 11.4. The van der Waals surface area contributed by atoms with Gasteiger partial charge in [0.05, 0.1) is 39.9 Å². The van der Waals surface area contributed by atoms with Crippen molar-refractivity contribution in [3.05, 3.63) is 47.5 Å². The highest BCUT2D eigenvalue weighted by Crippen LogP contribution is 2.43. The molecule has 0 saturated carbocycles. The lowest BCUT2D eigenvalue weighted by atomic mass is 9.66. The molecule has 7 heteroatoms. The summed E-state index contributed by atoms with van der Waals surface area (Å²) in [5.74, 6) is 2.77. The number of carbonyl (C=O) groups is 1. The third-order valence-electron chi connectivity index (χ3n) is 7.14. The van der Waals surface area contributed by atoms with Gasteiger partial charge in [-0.1, -0.05) is 38.8 Å². The van der Waals surface area contributed by atoms with Gasteiger partial charge in [0.15, 0.2) is 23.0 Å². The SMILES string of the molecule is CCC(CC)C(C#N)(CCCC(Cc1ccc(OC)c(OC)c1)NC=O)c1ccc(OC)c(OC)c1. The monoisotopic (exact) mass is 496 g/mol. The minimum absolute atomic E-state index is 0.0656. The van der Waals surface area contributed by atoms with Gasteiger partial charge in [0.1, 0.15) is 0 Å². The van der Waals surface area contributed by atoms with Gasteiger partial charge in [0, 0.05) is 6.04 Å². The highest BCUT2D eigenvalue weighted by molar-refractivity contribution is 5.48. The number of hydrogen-bond donors (Lipinski definition) is 1. The zero-order chi connectivity index (χ0) is 26.6. The van der Waals surface area contributed by atoms with Crippen LogP contribution in [0, 0.1) is 17.2 Å². The van der Waals surface area contributed by atoms with E-state index in [1.54, 1.807) is 28.4 Å². The summed E-state index contributed by atoms with van der Waals surface area (Å²) in [5.41, 5.74) is 1.31. The Balaban J connectivity index is 2.28. The number of rotatable bonds is 16. The Bertz CT molecular complexity index is 1020. The van der Waals surface area contributed by atoms with Crippen molar-refractivity contribution >= 4 is 6.41 Å². The zero-order valence-corrected chi connectivity index (χ0v) is 22.4. The van der Waals surface area contributed by atoms with Crippen molar-refractivity contribution in [3.8, 4) is 29.1 Å². The fourth-order valence-electron chi connectivity index (χ4n) is 5.16. The zero-order valence-electron chi connectivity index (χ0n) is 22.4. The van der Waals surface area contributed by atoms with E-state index in [1.165, 1.54) is 0 Å². The molecule has 0 saturated heterocycles. The van der Waals surface area contributed by atoms with Crippen LogP contribution < -0.4 is 24.3 Å². The van der Waals surface area contributed by atoms with E-state index in [4.69, 9.17) is 18.9 Å². The molecule has 0 aliphatic carbocycles. The molecule has 0 aliphatic rings. The molecular weight excluding hydrogens is 456 g/mol. The molecule has 0 radical (unpaired) electrons. The Morgan fingerprint density at radius 2 is 1.50 bits per heavy atom. The van der Waals surface area contributed by atoms with Gasteiger partial charge in [-0.3, -0.25) is 4.79 Å². The molecule has 2 aromatic carbocycles. The summed E-state index contributed by atoms with van der Waals surface area (Å²) in [6.07, 6.45) is 5.37. The van der Waals surface area contributed by atoms with E-state index in [-0.39, 0.29) is 12.0 Å². The van der Waals surface area contributed by atoms with E-state index >= 15 is 0 Å². The predicted molar refractivity (Wildman–Crippen MR) is 141 cm³/mol. The molecular formula is C29H40N2O5. The molecule has 36 heavy (non-hydrogen) atoms. The molecule has 2 aromatic rings. The summed E-state index contributed by atoms with van der Waals surface area (Å²) >= 11 is 0. The quantitative estimate of drug-likeness (QED) is 0.311.